The van der Waals surface area contributed by atoms with Gasteiger partial charge in [0.2, 0.25) is 0 Å². The first-order valence-electron chi connectivity index (χ1n) is 18.6. The molecule has 0 saturated carbocycles. The van der Waals surface area contributed by atoms with E-state index in [1.165, 1.54) is 38.5 Å². The van der Waals surface area contributed by atoms with E-state index in [0.29, 0.717) is 12.8 Å². The number of rotatable bonds is 33. The number of phosphoric acid groups is 1. The van der Waals surface area contributed by atoms with Crippen molar-refractivity contribution in [1.82, 2.24) is 0 Å². The van der Waals surface area contributed by atoms with Crippen LogP contribution in [0.5, 0.6) is 0 Å². The van der Waals surface area contributed by atoms with Crippen LogP contribution in [0.1, 0.15) is 155 Å². The zero-order valence-electron chi connectivity index (χ0n) is 30.1. The van der Waals surface area contributed by atoms with Crippen LogP contribution in [0.3, 0.4) is 0 Å². The van der Waals surface area contributed by atoms with Crippen LogP contribution in [-0.2, 0) is 28.2 Å². The van der Waals surface area contributed by atoms with Crippen LogP contribution in [0.2, 0.25) is 0 Å². The quantitative estimate of drug-likeness (QED) is 0.0301. The highest BCUT2D eigenvalue weighted by atomic mass is 31.2. The molecule has 1 atom stereocenters. The molecule has 9 heteroatoms. The van der Waals surface area contributed by atoms with E-state index >= 15 is 0 Å². The lowest BCUT2D eigenvalue weighted by molar-refractivity contribution is -0.161. The van der Waals surface area contributed by atoms with E-state index < -0.39 is 32.5 Å². The van der Waals surface area contributed by atoms with Gasteiger partial charge in [-0.05, 0) is 77.0 Å². The Labute approximate surface area is 292 Å². The fourth-order valence-electron chi connectivity index (χ4n) is 4.71. The van der Waals surface area contributed by atoms with Gasteiger partial charge in [-0.15, -0.1) is 0 Å². The van der Waals surface area contributed by atoms with Crippen LogP contribution in [0, 0.1) is 0 Å². The number of carbonyl (C=O) groups excluding carboxylic acids is 2. The molecule has 0 fully saturated rings. The van der Waals surface area contributed by atoms with Crippen LogP contribution < -0.4 is 0 Å². The molecule has 276 valence electrons. The lowest BCUT2D eigenvalue weighted by Gasteiger charge is -2.18. The van der Waals surface area contributed by atoms with Crippen molar-refractivity contribution in [3.05, 3.63) is 60.8 Å². The summed E-state index contributed by atoms with van der Waals surface area (Å²) in [6, 6.07) is 0. The minimum Gasteiger partial charge on any atom is -0.462 e. The Kier molecular flexibility index (Phi) is 33.0. The summed E-state index contributed by atoms with van der Waals surface area (Å²) < 4.78 is 26.2. The smallest absolute Gasteiger partial charge is 0.462 e. The Morgan fingerprint density at radius 3 is 1.52 bits per heavy atom. The number of esters is 2. The molecule has 0 radical (unpaired) electrons. The van der Waals surface area contributed by atoms with Gasteiger partial charge in [0.25, 0.3) is 0 Å². The summed E-state index contributed by atoms with van der Waals surface area (Å²) in [5.74, 6) is -0.937. The number of hydrogen-bond donors (Lipinski definition) is 2. The van der Waals surface area contributed by atoms with Crippen molar-refractivity contribution in [3.63, 3.8) is 0 Å². The monoisotopic (exact) mass is 694 g/mol. The second-order valence-corrected chi connectivity index (χ2v) is 13.4. The summed E-state index contributed by atoms with van der Waals surface area (Å²) in [7, 11) is -4.76. The Hall–Kier alpha value is -2.25. The molecule has 0 aliphatic rings. The Morgan fingerprint density at radius 2 is 0.979 bits per heavy atom. The average Bonchev–Trinajstić information content (AvgIpc) is 3.05. The highest BCUT2D eigenvalue weighted by molar-refractivity contribution is 7.46. The summed E-state index contributed by atoms with van der Waals surface area (Å²) in [6.45, 7) is 3.54. The maximum absolute atomic E-state index is 12.3. The van der Waals surface area contributed by atoms with Gasteiger partial charge >= 0.3 is 19.8 Å². The molecule has 0 heterocycles. The van der Waals surface area contributed by atoms with Crippen molar-refractivity contribution >= 4 is 19.8 Å². The lowest BCUT2D eigenvalue weighted by Crippen LogP contribution is -2.29. The van der Waals surface area contributed by atoms with Gasteiger partial charge in [0.05, 0.1) is 6.61 Å². The maximum Gasteiger partial charge on any atom is 0.469 e. The third kappa shape index (κ3) is 36.6. The first-order chi connectivity index (χ1) is 23.3. The molecule has 8 nitrogen and oxygen atoms in total. The molecule has 0 rings (SSSR count). The van der Waals surface area contributed by atoms with Crippen LogP contribution in [0.25, 0.3) is 0 Å². The zero-order chi connectivity index (χ0) is 35.4. The first kappa shape index (κ1) is 45.8. The third-order valence-corrected chi connectivity index (χ3v) is 7.98. The van der Waals surface area contributed by atoms with Crippen molar-refractivity contribution in [2.75, 3.05) is 13.2 Å². The predicted molar refractivity (Wildman–Crippen MR) is 197 cm³/mol. The topological polar surface area (TPSA) is 119 Å². The Balaban J connectivity index is 4.07. The molecule has 0 amide bonds. The van der Waals surface area contributed by atoms with Gasteiger partial charge in [-0.2, -0.15) is 0 Å². The van der Waals surface area contributed by atoms with Crippen LogP contribution in [0.15, 0.2) is 60.8 Å². The summed E-state index contributed by atoms with van der Waals surface area (Å²) >= 11 is 0. The van der Waals surface area contributed by atoms with E-state index in [-0.39, 0.29) is 19.4 Å². The molecule has 0 aromatic rings. The lowest BCUT2D eigenvalue weighted by atomic mass is 10.1. The number of hydrogen-bond acceptors (Lipinski definition) is 6. The molecule has 48 heavy (non-hydrogen) atoms. The number of unbranched alkanes of at least 4 members (excludes halogenated alkanes) is 13. The molecule has 0 aliphatic carbocycles. The van der Waals surface area contributed by atoms with Gasteiger partial charge < -0.3 is 19.3 Å². The normalized spacial score (nSPS) is 13.2. The molecular weight excluding hydrogens is 627 g/mol. The fourth-order valence-corrected chi connectivity index (χ4v) is 5.07. The van der Waals surface area contributed by atoms with E-state index in [9.17, 15) is 14.2 Å². The van der Waals surface area contributed by atoms with Gasteiger partial charge in [-0.1, -0.05) is 126 Å². The van der Waals surface area contributed by atoms with Gasteiger partial charge in [-0.25, -0.2) is 4.57 Å². The Bertz CT molecular complexity index is 963. The molecular formula is C39H67O8P. The van der Waals surface area contributed by atoms with Crippen molar-refractivity contribution < 1.29 is 37.9 Å². The minimum atomic E-state index is -4.76. The maximum atomic E-state index is 12.3. The zero-order valence-corrected chi connectivity index (χ0v) is 31.0. The standard InChI is InChI=1S/C39H67O8P/c1-3-5-7-9-11-13-15-17-18-19-20-22-24-26-28-30-32-34-39(41)47-37(36-46-48(42,43)44)35-45-38(40)33-31-29-27-25-23-21-16-14-12-10-8-6-4-2/h7,9,13-16,18-19,22,24,37H,3-6,8,10-12,17,20-21,23,25-36H2,1-2H3,(H2,42,43,44)/b9-7+,15-13+,16-14+,19-18+,24-22+/t37-/m1/s1. The predicted octanol–water partition coefficient (Wildman–Crippen LogP) is 11.0. The molecule has 0 aromatic heterocycles. The van der Waals surface area contributed by atoms with Gasteiger partial charge in [0.15, 0.2) is 6.10 Å². The third-order valence-electron chi connectivity index (χ3n) is 7.49. The van der Waals surface area contributed by atoms with E-state index in [0.717, 1.165) is 77.0 Å². The highest BCUT2D eigenvalue weighted by Gasteiger charge is 2.22. The number of ether oxygens (including phenoxy) is 2. The van der Waals surface area contributed by atoms with Gasteiger partial charge in [0, 0.05) is 12.8 Å². The van der Waals surface area contributed by atoms with E-state index in [4.69, 9.17) is 19.3 Å². The van der Waals surface area contributed by atoms with E-state index in [1.807, 2.05) is 0 Å². The summed E-state index contributed by atoms with van der Waals surface area (Å²) in [5, 5.41) is 0. The molecule has 2 N–H and O–H groups in total. The summed E-state index contributed by atoms with van der Waals surface area (Å²) in [5.41, 5.74) is 0. The van der Waals surface area contributed by atoms with Crippen LogP contribution in [0.4, 0.5) is 0 Å². The number of phosphoric ester groups is 1. The van der Waals surface area contributed by atoms with Crippen molar-refractivity contribution in [1.29, 1.82) is 0 Å². The fraction of sp³-hybridized carbons (Fsp3) is 0.692. The summed E-state index contributed by atoms with van der Waals surface area (Å²) in [6.07, 6.45) is 42.2. The summed E-state index contributed by atoms with van der Waals surface area (Å²) in [4.78, 5) is 42.7. The molecule has 0 spiro atoms. The van der Waals surface area contributed by atoms with E-state index in [2.05, 4.69) is 79.1 Å². The minimum absolute atomic E-state index is 0.170. The molecule has 0 aliphatic heterocycles. The second-order valence-electron chi connectivity index (χ2n) is 12.2. The van der Waals surface area contributed by atoms with Gasteiger partial charge in [-0.3, -0.25) is 14.1 Å². The largest absolute Gasteiger partial charge is 0.469 e. The SMILES string of the molecule is CCC/C=C/C/C=C/C/C=C/C/C=C/CCCCCC(=O)O[C@H](COC(=O)CCCCCCC/C=C/CCCCCC)COP(=O)(O)O. The van der Waals surface area contributed by atoms with Gasteiger partial charge in [0.1, 0.15) is 6.61 Å². The number of allylic oxidation sites excluding steroid dienone is 10. The van der Waals surface area contributed by atoms with Crippen LogP contribution in [-0.4, -0.2) is 41.0 Å². The molecule has 0 bridgehead atoms. The van der Waals surface area contributed by atoms with Crippen molar-refractivity contribution in [2.24, 2.45) is 0 Å². The van der Waals surface area contributed by atoms with Crippen LogP contribution >= 0.6 is 7.82 Å². The Morgan fingerprint density at radius 1 is 0.542 bits per heavy atom. The van der Waals surface area contributed by atoms with E-state index in [1.54, 1.807) is 0 Å². The number of carbonyl (C=O) groups is 2. The van der Waals surface area contributed by atoms with Crippen molar-refractivity contribution in [3.8, 4) is 0 Å². The first-order valence-corrected chi connectivity index (χ1v) is 20.1. The molecule has 0 unspecified atom stereocenters. The average molecular weight is 695 g/mol. The van der Waals surface area contributed by atoms with Crippen molar-refractivity contribution in [2.45, 2.75) is 161 Å². The molecule has 0 aromatic carbocycles. The second kappa shape index (κ2) is 34.6. The molecule has 0 saturated heterocycles. The highest BCUT2D eigenvalue weighted by Crippen LogP contribution is 2.35.